The number of aromatic nitrogens is 3. The van der Waals surface area contributed by atoms with Gasteiger partial charge >= 0.3 is 0 Å². The summed E-state index contributed by atoms with van der Waals surface area (Å²) < 4.78 is 1.78. The molecule has 0 saturated carbocycles. The first-order valence-electron chi connectivity index (χ1n) is 6.18. The standard InChI is InChI=1S/C15H13ClN4/c1-10-2-4-11(5-3-10)6-7-14-18-19-15-13(17)8-12(16)9-20(14)15/h2-9H,17H2,1H3/b7-6+. The zero-order valence-electron chi connectivity index (χ0n) is 10.9. The van der Waals surface area contributed by atoms with Crippen molar-refractivity contribution < 1.29 is 0 Å². The van der Waals surface area contributed by atoms with E-state index in [0.29, 0.717) is 22.2 Å². The highest BCUT2D eigenvalue weighted by molar-refractivity contribution is 6.30. The third-order valence-corrected chi connectivity index (χ3v) is 3.24. The summed E-state index contributed by atoms with van der Waals surface area (Å²) in [5.41, 5.74) is 9.32. The topological polar surface area (TPSA) is 56.2 Å². The second kappa shape index (κ2) is 4.98. The Balaban J connectivity index is 2.00. The van der Waals surface area contributed by atoms with Crippen LogP contribution in [0.5, 0.6) is 0 Å². The number of aryl methyl sites for hydroxylation is 1. The minimum absolute atomic E-state index is 0.514. The number of benzene rings is 1. The van der Waals surface area contributed by atoms with Gasteiger partial charge in [-0.2, -0.15) is 0 Å². The van der Waals surface area contributed by atoms with Gasteiger partial charge in [-0.3, -0.25) is 4.40 Å². The van der Waals surface area contributed by atoms with Gasteiger partial charge in [-0.15, -0.1) is 10.2 Å². The number of fused-ring (bicyclic) bond motifs is 1. The predicted octanol–water partition coefficient (Wildman–Crippen LogP) is 3.44. The summed E-state index contributed by atoms with van der Waals surface area (Å²) in [7, 11) is 0. The van der Waals surface area contributed by atoms with Gasteiger partial charge in [-0.1, -0.05) is 47.5 Å². The molecule has 2 heterocycles. The fourth-order valence-corrected chi connectivity index (χ4v) is 2.18. The largest absolute Gasteiger partial charge is 0.396 e. The number of nitrogens with two attached hydrogens (primary N) is 1. The summed E-state index contributed by atoms with van der Waals surface area (Å²) in [6.45, 7) is 2.06. The van der Waals surface area contributed by atoms with E-state index in [-0.39, 0.29) is 0 Å². The van der Waals surface area contributed by atoms with E-state index in [1.165, 1.54) is 5.56 Å². The minimum Gasteiger partial charge on any atom is -0.396 e. The second-order valence-electron chi connectivity index (χ2n) is 4.61. The average molecular weight is 285 g/mol. The zero-order chi connectivity index (χ0) is 14.1. The Morgan fingerprint density at radius 2 is 1.90 bits per heavy atom. The Hall–Kier alpha value is -2.33. The summed E-state index contributed by atoms with van der Waals surface area (Å²) in [6, 6.07) is 9.90. The lowest BCUT2D eigenvalue weighted by atomic mass is 10.1. The Morgan fingerprint density at radius 3 is 2.65 bits per heavy atom. The minimum atomic E-state index is 0.514. The maximum absolute atomic E-state index is 6.01. The molecule has 0 aliphatic rings. The predicted molar refractivity (Wildman–Crippen MR) is 82.5 cm³/mol. The Bertz CT molecular complexity index is 787. The van der Waals surface area contributed by atoms with Crippen molar-refractivity contribution in [2.45, 2.75) is 6.92 Å². The van der Waals surface area contributed by atoms with Crippen LogP contribution in [-0.2, 0) is 0 Å². The molecule has 0 aliphatic heterocycles. The number of rotatable bonds is 2. The third-order valence-electron chi connectivity index (χ3n) is 3.03. The van der Waals surface area contributed by atoms with Crippen molar-refractivity contribution in [2.75, 3.05) is 5.73 Å². The molecule has 0 unspecified atom stereocenters. The first-order valence-corrected chi connectivity index (χ1v) is 6.56. The number of pyridine rings is 1. The van der Waals surface area contributed by atoms with Gasteiger partial charge < -0.3 is 5.73 Å². The summed E-state index contributed by atoms with van der Waals surface area (Å²) in [4.78, 5) is 0. The van der Waals surface area contributed by atoms with Crippen LogP contribution in [0.2, 0.25) is 5.02 Å². The molecule has 1 aromatic carbocycles. The molecule has 3 aromatic rings. The third kappa shape index (κ3) is 2.38. The Morgan fingerprint density at radius 1 is 1.15 bits per heavy atom. The molecule has 2 N–H and O–H groups in total. The Labute approximate surface area is 121 Å². The Kier molecular flexibility index (Phi) is 3.16. The summed E-state index contributed by atoms with van der Waals surface area (Å²) in [6.07, 6.45) is 5.62. The van der Waals surface area contributed by atoms with Crippen molar-refractivity contribution in [1.29, 1.82) is 0 Å². The quantitative estimate of drug-likeness (QED) is 0.784. The van der Waals surface area contributed by atoms with Crippen molar-refractivity contribution in [2.24, 2.45) is 0 Å². The molecule has 0 fully saturated rings. The van der Waals surface area contributed by atoms with E-state index in [4.69, 9.17) is 17.3 Å². The van der Waals surface area contributed by atoms with E-state index in [1.807, 2.05) is 12.2 Å². The highest BCUT2D eigenvalue weighted by Crippen LogP contribution is 2.19. The second-order valence-corrected chi connectivity index (χ2v) is 5.05. The van der Waals surface area contributed by atoms with Gasteiger partial charge in [0.2, 0.25) is 0 Å². The molecule has 20 heavy (non-hydrogen) atoms. The summed E-state index contributed by atoms with van der Waals surface area (Å²) in [5, 5.41) is 8.74. The maximum Gasteiger partial charge on any atom is 0.184 e. The highest BCUT2D eigenvalue weighted by atomic mass is 35.5. The van der Waals surface area contributed by atoms with Gasteiger partial charge in [0.15, 0.2) is 11.5 Å². The highest BCUT2D eigenvalue weighted by Gasteiger charge is 2.06. The van der Waals surface area contributed by atoms with Crippen molar-refractivity contribution in [3.63, 3.8) is 0 Å². The van der Waals surface area contributed by atoms with Crippen LogP contribution >= 0.6 is 11.6 Å². The molecule has 100 valence electrons. The van der Waals surface area contributed by atoms with Gasteiger partial charge in [0.1, 0.15) is 0 Å². The van der Waals surface area contributed by atoms with E-state index in [0.717, 1.165) is 5.56 Å². The van der Waals surface area contributed by atoms with E-state index < -0.39 is 0 Å². The lowest BCUT2D eigenvalue weighted by Crippen LogP contribution is -1.94. The number of nitrogen functional groups attached to an aromatic ring is 1. The van der Waals surface area contributed by atoms with Gasteiger partial charge in [0, 0.05) is 6.20 Å². The van der Waals surface area contributed by atoms with Crippen LogP contribution in [-0.4, -0.2) is 14.6 Å². The fraction of sp³-hybridized carbons (Fsp3) is 0.0667. The van der Waals surface area contributed by atoms with Crippen LogP contribution in [0.15, 0.2) is 36.5 Å². The smallest absolute Gasteiger partial charge is 0.184 e. The van der Waals surface area contributed by atoms with Crippen molar-refractivity contribution >= 4 is 35.1 Å². The summed E-state index contributed by atoms with van der Waals surface area (Å²) >= 11 is 6.01. The lowest BCUT2D eigenvalue weighted by molar-refractivity contribution is 1.08. The van der Waals surface area contributed by atoms with Gasteiger partial charge in [0.25, 0.3) is 0 Å². The van der Waals surface area contributed by atoms with Gasteiger partial charge in [-0.05, 0) is 24.6 Å². The number of hydrogen-bond acceptors (Lipinski definition) is 3. The number of hydrogen-bond donors (Lipinski definition) is 1. The van der Waals surface area contributed by atoms with Gasteiger partial charge in [-0.25, -0.2) is 0 Å². The molecule has 5 heteroatoms. The van der Waals surface area contributed by atoms with E-state index in [2.05, 4.69) is 41.4 Å². The van der Waals surface area contributed by atoms with Crippen molar-refractivity contribution in [3.05, 3.63) is 58.5 Å². The zero-order valence-corrected chi connectivity index (χ0v) is 11.7. The molecule has 0 atom stereocenters. The van der Waals surface area contributed by atoms with Crippen LogP contribution < -0.4 is 5.73 Å². The van der Waals surface area contributed by atoms with Crippen LogP contribution in [0.4, 0.5) is 5.69 Å². The SMILES string of the molecule is Cc1ccc(/C=C/c2nnc3c(N)cc(Cl)cn23)cc1. The van der Waals surface area contributed by atoms with Crippen molar-refractivity contribution in [1.82, 2.24) is 14.6 Å². The molecule has 0 bridgehead atoms. The van der Waals surface area contributed by atoms with Crippen LogP contribution in [0.1, 0.15) is 17.0 Å². The summed E-state index contributed by atoms with van der Waals surface area (Å²) in [5.74, 6) is 0.690. The maximum atomic E-state index is 6.01. The molecule has 0 radical (unpaired) electrons. The number of nitrogens with zero attached hydrogens (tertiary/aromatic N) is 3. The molecule has 2 aromatic heterocycles. The van der Waals surface area contributed by atoms with E-state index in [9.17, 15) is 0 Å². The number of halogens is 1. The molecule has 4 nitrogen and oxygen atoms in total. The first-order chi connectivity index (χ1) is 9.63. The number of anilines is 1. The van der Waals surface area contributed by atoms with Gasteiger partial charge in [0.05, 0.1) is 10.7 Å². The van der Waals surface area contributed by atoms with Crippen molar-refractivity contribution in [3.8, 4) is 0 Å². The fourth-order valence-electron chi connectivity index (χ4n) is 1.96. The van der Waals surface area contributed by atoms with E-state index in [1.54, 1.807) is 16.7 Å². The monoisotopic (exact) mass is 284 g/mol. The first kappa shape index (κ1) is 12.7. The van der Waals surface area contributed by atoms with Crippen LogP contribution in [0.3, 0.4) is 0 Å². The van der Waals surface area contributed by atoms with Crippen LogP contribution in [0, 0.1) is 6.92 Å². The average Bonchev–Trinajstić information content (AvgIpc) is 2.81. The van der Waals surface area contributed by atoms with Crippen LogP contribution in [0.25, 0.3) is 17.8 Å². The molecular formula is C15H13ClN4. The molecular weight excluding hydrogens is 272 g/mol. The van der Waals surface area contributed by atoms with E-state index >= 15 is 0 Å². The molecule has 0 spiro atoms. The molecule has 0 saturated heterocycles. The molecule has 0 aliphatic carbocycles. The molecule has 0 amide bonds. The lowest BCUT2D eigenvalue weighted by Gasteiger charge is -1.99. The normalized spacial score (nSPS) is 11.5. The molecule has 3 rings (SSSR count).